The zero-order valence-corrected chi connectivity index (χ0v) is 16.1. The molecular weight excluding hydrogens is 373 g/mol. The van der Waals surface area contributed by atoms with E-state index in [2.05, 4.69) is 16.0 Å². The van der Waals surface area contributed by atoms with Crippen LogP contribution in [0.15, 0.2) is 54.6 Å². The fraction of sp³-hybridized carbons (Fsp3) is 0.263. The number of halogens is 2. The van der Waals surface area contributed by atoms with Crippen molar-refractivity contribution < 1.29 is 9.59 Å². The molecule has 2 rings (SSSR count). The molecule has 2 aromatic rings. The molecule has 1 unspecified atom stereocenters. The molecule has 0 heterocycles. The standard InChI is InChI=1S/C19H22ClN3O2.ClH/c1-21-11-12-22-18(24)13-17(14-7-3-2-4-8-14)23-19(25)15-9-5-6-10-16(15)20;/h2-10,17,21H,11-13H2,1H3,(H,22,24)(H,23,25);1H. The molecule has 7 heteroatoms. The van der Waals surface area contributed by atoms with Crippen LogP contribution in [0.1, 0.15) is 28.4 Å². The topological polar surface area (TPSA) is 70.2 Å². The summed E-state index contributed by atoms with van der Waals surface area (Å²) in [6.07, 6.45) is 0.157. The summed E-state index contributed by atoms with van der Waals surface area (Å²) in [5.74, 6) is -0.425. The summed E-state index contributed by atoms with van der Waals surface area (Å²) in [4.78, 5) is 24.7. The van der Waals surface area contributed by atoms with Gasteiger partial charge in [-0.2, -0.15) is 0 Å². The Morgan fingerprint density at radius 3 is 2.31 bits per heavy atom. The lowest BCUT2D eigenvalue weighted by Crippen LogP contribution is -2.36. The van der Waals surface area contributed by atoms with Gasteiger partial charge in [0.15, 0.2) is 0 Å². The van der Waals surface area contributed by atoms with E-state index < -0.39 is 6.04 Å². The van der Waals surface area contributed by atoms with E-state index in [4.69, 9.17) is 11.6 Å². The quantitative estimate of drug-likeness (QED) is 0.601. The van der Waals surface area contributed by atoms with Crippen molar-refractivity contribution in [2.24, 2.45) is 0 Å². The Morgan fingerprint density at radius 2 is 1.65 bits per heavy atom. The van der Waals surface area contributed by atoms with Crippen LogP contribution in [0.2, 0.25) is 5.02 Å². The third kappa shape index (κ3) is 6.67. The molecule has 1 atom stereocenters. The molecule has 0 aliphatic carbocycles. The fourth-order valence-corrected chi connectivity index (χ4v) is 2.62. The first-order valence-corrected chi connectivity index (χ1v) is 8.51. The third-order valence-electron chi connectivity index (χ3n) is 3.71. The van der Waals surface area contributed by atoms with Crippen LogP contribution in [-0.2, 0) is 4.79 Å². The van der Waals surface area contributed by atoms with Crippen LogP contribution >= 0.6 is 24.0 Å². The lowest BCUT2D eigenvalue weighted by Gasteiger charge is -2.19. The molecule has 140 valence electrons. The average Bonchev–Trinajstić information content (AvgIpc) is 2.62. The van der Waals surface area contributed by atoms with E-state index in [0.717, 1.165) is 5.56 Å². The van der Waals surface area contributed by atoms with Crippen LogP contribution in [0.5, 0.6) is 0 Å². The number of amides is 2. The molecule has 2 aromatic carbocycles. The van der Waals surface area contributed by atoms with Crippen molar-refractivity contribution >= 4 is 35.8 Å². The van der Waals surface area contributed by atoms with Gasteiger partial charge in [-0.3, -0.25) is 9.59 Å². The van der Waals surface area contributed by atoms with Gasteiger partial charge in [-0.1, -0.05) is 54.1 Å². The van der Waals surface area contributed by atoms with Gasteiger partial charge in [0.05, 0.1) is 23.0 Å². The highest BCUT2D eigenvalue weighted by atomic mass is 35.5. The molecule has 2 amide bonds. The molecule has 0 bridgehead atoms. The highest BCUT2D eigenvalue weighted by molar-refractivity contribution is 6.33. The first-order valence-electron chi connectivity index (χ1n) is 8.13. The third-order valence-corrected chi connectivity index (χ3v) is 4.04. The zero-order chi connectivity index (χ0) is 18.1. The smallest absolute Gasteiger partial charge is 0.253 e. The summed E-state index contributed by atoms with van der Waals surface area (Å²) in [5, 5.41) is 9.09. The second-order valence-corrected chi connectivity index (χ2v) is 5.98. The van der Waals surface area contributed by atoms with Crippen molar-refractivity contribution in [1.82, 2.24) is 16.0 Å². The Bertz CT molecular complexity index is 711. The lowest BCUT2D eigenvalue weighted by atomic mass is 10.0. The Labute approximate surface area is 164 Å². The van der Waals surface area contributed by atoms with Crippen molar-refractivity contribution in [3.63, 3.8) is 0 Å². The van der Waals surface area contributed by atoms with Crippen LogP contribution in [0.4, 0.5) is 0 Å². The number of rotatable bonds is 8. The Balaban J connectivity index is 0.00000338. The number of benzene rings is 2. The molecule has 0 saturated carbocycles. The van der Waals surface area contributed by atoms with Gasteiger partial charge in [0.25, 0.3) is 5.91 Å². The summed E-state index contributed by atoms with van der Waals surface area (Å²) in [7, 11) is 1.82. The maximum Gasteiger partial charge on any atom is 0.253 e. The average molecular weight is 396 g/mol. The van der Waals surface area contributed by atoms with E-state index in [1.165, 1.54) is 0 Å². The van der Waals surface area contributed by atoms with E-state index >= 15 is 0 Å². The number of hydrogen-bond donors (Lipinski definition) is 3. The van der Waals surface area contributed by atoms with Crippen LogP contribution in [-0.4, -0.2) is 32.0 Å². The van der Waals surface area contributed by atoms with Crippen LogP contribution in [0.25, 0.3) is 0 Å². The Morgan fingerprint density at radius 1 is 1.00 bits per heavy atom. The van der Waals surface area contributed by atoms with Crippen LogP contribution < -0.4 is 16.0 Å². The van der Waals surface area contributed by atoms with E-state index in [9.17, 15) is 9.59 Å². The summed E-state index contributed by atoms with van der Waals surface area (Å²) >= 11 is 6.09. The van der Waals surface area contributed by atoms with Crippen molar-refractivity contribution in [3.05, 3.63) is 70.7 Å². The maximum absolute atomic E-state index is 12.6. The summed E-state index contributed by atoms with van der Waals surface area (Å²) in [6, 6.07) is 15.8. The second-order valence-electron chi connectivity index (χ2n) is 5.57. The molecule has 0 radical (unpaired) electrons. The van der Waals surface area contributed by atoms with Gasteiger partial charge in [0.2, 0.25) is 5.91 Å². The summed E-state index contributed by atoms with van der Waals surface area (Å²) < 4.78 is 0. The molecule has 3 N–H and O–H groups in total. The van der Waals surface area contributed by atoms with Crippen molar-refractivity contribution in [2.45, 2.75) is 12.5 Å². The van der Waals surface area contributed by atoms with Gasteiger partial charge in [0.1, 0.15) is 0 Å². The molecule has 0 spiro atoms. The van der Waals surface area contributed by atoms with E-state index in [1.807, 2.05) is 37.4 Å². The largest absolute Gasteiger partial charge is 0.355 e. The summed E-state index contributed by atoms with van der Waals surface area (Å²) in [6.45, 7) is 1.23. The molecule has 0 aromatic heterocycles. The SMILES string of the molecule is CNCCNC(=O)CC(NC(=O)c1ccccc1Cl)c1ccccc1.Cl. The number of carbonyl (C=O) groups excluding carboxylic acids is 2. The minimum Gasteiger partial charge on any atom is -0.355 e. The monoisotopic (exact) mass is 395 g/mol. The van der Waals surface area contributed by atoms with Gasteiger partial charge in [-0.05, 0) is 24.7 Å². The van der Waals surface area contributed by atoms with Gasteiger partial charge in [0, 0.05) is 13.1 Å². The van der Waals surface area contributed by atoms with Crippen LogP contribution in [0.3, 0.4) is 0 Å². The molecule has 26 heavy (non-hydrogen) atoms. The molecular formula is C19H23Cl2N3O2. The molecule has 0 aliphatic rings. The predicted octanol–water partition coefficient (Wildman–Crippen LogP) is 2.96. The Hall–Kier alpha value is -2.08. The van der Waals surface area contributed by atoms with Gasteiger partial charge in [-0.15, -0.1) is 12.4 Å². The second kappa shape index (κ2) is 11.5. The molecule has 0 aliphatic heterocycles. The maximum atomic E-state index is 12.6. The zero-order valence-electron chi connectivity index (χ0n) is 14.5. The minimum atomic E-state index is -0.431. The number of likely N-dealkylation sites (N-methyl/N-ethyl adjacent to an activating group) is 1. The number of hydrogen-bond acceptors (Lipinski definition) is 3. The molecule has 0 fully saturated rings. The van der Waals surface area contributed by atoms with Gasteiger partial charge >= 0.3 is 0 Å². The van der Waals surface area contributed by atoms with E-state index in [0.29, 0.717) is 23.7 Å². The predicted molar refractivity (Wildman–Crippen MR) is 107 cm³/mol. The lowest BCUT2D eigenvalue weighted by molar-refractivity contribution is -0.121. The number of carbonyl (C=O) groups is 2. The van der Waals surface area contributed by atoms with Gasteiger partial charge in [-0.25, -0.2) is 0 Å². The summed E-state index contributed by atoms with van der Waals surface area (Å²) in [5.41, 5.74) is 1.26. The van der Waals surface area contributed by atoms with Crippen molar-refractivity contribution in [1.29, 1.82) is 0 Å². The van der Waals surface area contributed by atoms with Crippen molar-refractivity contribution in [3.8, 4) is 0 Å². The highest BCUT2D eigenvalue weighted by Gasteiger charge is 2.20. The van der Waals surface area contributed by atoms with Gasteiger partial charge < -0.3 is 16.0 Å². The normalized spacial score (nSPS) is 11.2. The van der Waals surface area contributed by atoms with E-state index in [1.54, 1.807) is 24.3 Å². The molecule has 5 nitrogen and oxygen atoms in total. The fourth-order valence-electron chi connectivity index (χ4n) is 2.40. The first-order chi connectivity index (χ1) is 12.1. The highest BCUT2D eigenvalue weighted by Crippen LogP contribution is 2.20. The number of nitrogens with one attached hydrogen (secondary N) is 3. The van der Waals surface area contributed by atoms with Crippen LogP contribution in [0, 0.1) is 0 Å². The van der Waals surface area contributed by atoms with E-state index in [-0.39, 0.29) is 30.6 Å². The van der Waals surface area contributed by atoms with Crippen molar-refractivity contribution in [2.75, 3.05) is 20.1 Å². The Kier molecular flexibility index (Phi) is 9.73. The minimum absolute atomic E-state index is 0. The first kappa shape index (κ1) is 22.0. The molecule has 0 saturated heterocycles.